The number of methoxy groups -OCH3 is 2. The number of halogens is 1. The van der Waals surface area contributed by atoms with Crippen molar-refractivity contribution in [2.75, 3.05) is 14.2 Å². The fraction of sp³-hybridized carbons (Fsp3) is 0.500. The van der Waals surface area contributed by atoms with Crippen LogP contribution in [0.25, 0.3) is 5.57 Å². The maximum Gasteiger partial charge on any atom is 0.341 e. The van der Waals surface area contributed by atoms with Gasteiger partial charge < -0.3 is 14.2 Å². The molecule has 0 amide bonds. The lowest BCUT2D eigenvalue weighted by Gasteiger charge is -2.14. The molecule has 1 aromatic heterocycles. The predicted molar refractivity (Wildman–Crippen MR) is 123 cm³/mol. The fourth-order valence-corrected chi connectivity index (χ4v) is 3.62. The highest BCUT2D eigenvalue weighted by Gasteiger charge is 2.19. The van der Waals surface area contributed by atoms with Gasteiger partial charge in [0.25, 0.3) is 0 Å². The molecule has 0 saturated heterocycles. The van der Waals surface area contributed by atoms with Crippen LogP contribution in [0.15, 0.2) is 30.5 Å². The van der Waals surface area contributed by atoms with E-state index in [1.165, 1.54) is 33.3 Å². The minimum absolute atomic E-state index is 0.232. The van der Waals surface area contributed by atoms with Crippen LogP contribution in [0.2, 0.25) is 5.15 Å². The molecule has 0 radical (unpaired) electrons. The number of carbonyl (C=O) groups is 1. The molecule has 7 heteroatoms. The van der Waals surface area contributed by atoms with E-state index < -0.39 is 5.97 Å². The quantitative estimate of drug-likeness (QED) is 0.233. The summed E-state index contributed by atoms with van der Waals surface area (Å²) in [5.41, 5.74) is 2.64. The molecule has 0 aliphatic rings. The van der Waals surface area contributed by atoms with Crippen LogP contribution in [-0.2, 0) is 27.4 Å². The Hall–Kier alpha value is -2.47. The zero-order valence-corrected chi connectivity index (χ0v) is 19.9. The van der Waals surface area contributed by atoms with Gasteiger partial charge in [-0.05, 0) is 30.4 Å². The third-order valence-electron chi connectivity index (χ3n) is 5.36. The van der Waals surface area contributed by atoms with Crippen LogP contribution in [0.4, 0.5) is 0 Å². The number of esters is 1. The van der Waals surface area contributed by atoms with Gasteiger partial charge in [-0.15, -0.1) is 5.10 Å². The summed E-state index contributed by atoms with van der Waals surface area (Å²) >= 11 is 6.55. The Bertz CT molecular complexity index is 892. The van der Waals surface area contributed by atoms with E-state index >= 15 is 0 Å². The zero-order valence-electron chi connectivity index (χ0n) is 19.1. The Kier molecular flexibility index (Phi) is 9.92. The molecule has 1 aromatic carbocycles. The number of unbranched alkanes of at least 4 members (excludes halogenated alkanes) is 1. The van der Waals surface area contributed by atoms with Crippen LogP contribution in [-0.4, -0.2) is 30.0 Å². The molecule has 0 N–H and O–H groups in total. The summed E-state index contributed by atoms with van der Waals surface area (Å²) in [4.78, 5) is 12.2. The number of hydrogen-bond donors (Lipinski definition) is 0. The largest absolute Gasteiger partial charge is 0.503 e. The van der Waals surface area contributed by atoms with Crippen molar-refractivity contribution in [3.63, 3.8) is 0 Å². The molecule has 1 unspecified atom stereocenters. The SMILES string of the molecule is CCCCC(CC)Cn1nc(OCc2ccccc2/C(=C\OC)C(=O)OC)c(C)c1Cl. The molecule has 6 nitrogen and oxygen atoms in total. The van der Waals surface area contributed by atoms with Gasteiger partial charge in [0, 0.05) is 12.1 Å². The lowest BCUT2D eigenvalue weighted by molar-refractivity contribution is -0.133. The summed E-state index contributed by atoms with van der Waals surface area (Å²) in [5, 5.41) is 5.22. The number of carbonyl (C=O) groups excluding carboxylic acids is 1. The van der Waals surface area contributed by atoms with Gasteiger partial charge in [0.2, 0.25) is 5.88 Å². The molecule has 31 heavy (non-hydrogen) atoms. The molecule has 0 fully saturated rings. The van der Waals surface area contributed by atoms with Crippen molar-refractivity contribution in [1.29, 1.82) is 0 Å². The highest BCUT2D eigenvalue weighted by Crippen LogP contribution is 2.29. The molecule has 0 aliphatic carbocycles. The molecule has 2 aromatic rings. The van der Waals surface area contributed by atoms with Crippen molar-refractivity contribution in [1.82, 2.24) is 9.78 Å². The van der Waals surface area contributed by atoms with Gasteiger partial charge in [-0.25, -0.2) is 9.48 Å². The number of nitrogens with zero attached hydrogens (tertiary/aromatic N) is 2. The summed E-state index contributed by atoms with van der Waals surface area (Å²) in [5.74, 6) is 0.558. The average molecular weight is 449 g/mol. The number of rotatable bonds is 12. The first kappa shape index (κ1) is 24.8. The first-order chi connectivity index (χ1) is 15.0. The third kappa shape index (κ3) is 6.50. The van der Waals surface area contributed by atoms with Crippen LogP contribution >= 0.6 is 11.6 Å². The van der Waals surface area contributed by atoms with E-state index in [0.29, 0.717) is 28.1 Å². The van der Waals surface area contributed by atoms with Crippen LogP contribution in [0.1, 0.15) is 56.2 Å². The lowest BCUT2D eigenvalue weighted by atomic mass is 9.99. The standard InChI is InChI=1S/C24H33ClN2O4/c1-6-8-11-18(7-2)14-27-22(25)17(3)23(26-27)31-15-19-12-9-10-13-20(19)21(16-29-4)24(28)30-5/h9-10,12-13,16,18H,6-8,11,14-15H2,1-5H3/b21-16+. The third-order valence-corrected chi connectivity index (χ3v) is 5.83. The molecule has 170 valence electrons. The van der Waals surface area contributed by atoms with Gasteiger partial charge in [0.15, 0.2) is 0 Å². The molecule has 1 atom stereocenters. The molecule has 0 spiro atoms. The van der Waals surface area contributed by atoms with E-state index in [0.717, 1.165) is 30.5 Å². The molecule has 1 heterocycles. The number of benzene rings is 1. The van der Waals surface area contributed by atoms with Crippen LogP contribution in [0, 0.1) is 12.8 Å². The van der Waals surface area contributed by atoms with Crippen molar-refractivity contribution in [3.8, 4) is 5.88 Å². The maximum absolute atomic E-state index is 12.2. The van der Waals surface area contributed by atoms with E-state index in [9.17, 15) is 4.79 Å². The highest BCUT2D eigenvalue weighted by molar-refractivity contribution is 6.30. The second-order valence-corrected chi connectivity index (χ2v) is 7.88. The topological polar surface area (TPSA) is 62.6 Å². The molecule has 0 aliphatic heterocycles. The van der Waals surface area contributed by atoms with Crippen LogP contribution in [0.5, 0.6) is 5.88 Å². The molecular formula is C24H33ClN2O4. The molecular weight excluding hydrogens is 416 g/mol. The second kappa shape index (κ2) is 12.4. The number of ether oxygens (including phenoxy) is 3. The zero-order chi connectivity index (χ0) is 22.8. The van der Waals surface area contributed by atoms with Crippen molar-refractivity contribution in [2.45, 2.75) is 59.6 Å². The van der Waals surface area contributed by atoms with Gasteiger partial charge >= 0.3 is 5.97 Å². The van der Waals surface area contributed by atoms with Gasteiger partial charge in [0.05, 0.1) is 20.5 Å². The minimum atomic E-state index is -0.476. The van der Waals surface area contributed by atoms with Crippen molar-refractivity contribution < 1.29 is 19.0 Å². The van der Waals surface area contributed by atoms with Gasteiger partial charge in [-0.2, -0.15) is 0 Å². The van der Waals surface area contributed by atoms with Gasteiger partial charge in [-0.1, -0.05) is 69.0 Å². The first-order valence-corrected chi connectivity index (χ1v) is 11.1. The smallest absolute Gasteiger partial charge is 0.341 e. The van der Waals surface area contributed by atoms with Crippen molar-refractivity contribution in [3.05, 3.63) is 52.4 Å². The van der Waals surface area contributed by atoms with Gasteiger partial charge in [-0.3, -0.25) is 0 Å². The fourth-order valence-electron chi connectivity index (χ4n) is 3.43. The number of hydrogen-bond acceptors (Lipinski definition) is 5. The van der Waals surface area contributed by atoms with Crippen molar-refractivity contribution in [2.24, 2.45) is 5.92 Å². The van der Waals surface area contributed by atoms with E-state index in [-0.39, 0.29) is 6.61 Å². The summed E-state index contributed by atoms with van der Waals surface area (Å²) in [6.07, 6.45) is 6.01. The Morgan fingerprint density at radius 1 is 1.26 bits per heavy atom. The van der Waals surface area contributed by atoms with Gasteiger partial charge in [0.1, 0.15) is 17.3 Å². The summed E-state index contributed by atoms with van der Waals surface area (Å²) in [6, 6.07) is 7.47. The lowest BCUT2D eigenvalue weighted by Crippen LogP contribution is -2.12. The van der Waals surface area contributed by atoms with Crippen molar-refractivity contribution >= 4 is 23.1 Å². The van der Waals surface area contributed by atoms with E-state index in [4.69, 9.17) is 25.8 Å². The number of aromatic nitrogens is 2. The summed E-state index contributed by atoms with van der Waals surface area (Å²) < 4.78 is 17.8. The monoisotopic (exact) mass is 448 g/mol. The predicted octanol–water partition coefficient (Wildman–Crippen LogP) is 5.80. The molecule has 0 bridgehead atoms. The van der Waals surface area contributed by atoms with E-state index in [2.05, 4.69) is 18.9 Å². The van der Waals surface area contributed by atoms with E-state index in [1.807, 2.05) is 35.9 Å². The highest BCUT2D eigenvalue weighted by atomic mass is 35.5. The second-order valence-electron chi connectivity index (χ2n) is 7.52. The summed E-state index contributed by atoms with van der Waals surface area (Å²) in [7, 11) is 2.83. The Labute approximate surface area is 190 Å². The van der Waals surface area contributed by atoms with Crippen LogP contribution in [0.3, 0.4) is 0 Å². The molecule has 0 saturated carbocycles. The molecule has 2 rings (SSSR count). The summed E-state index contributed by atoms with van der Waals surface area (Å²) in [6.45, 7) is 7.32. The van der Waals surface area contributed by atoms with Crippen LogP contribution < -0.4 is 4.74 Å². The van der Waals surface area contributed by atoms with E-state index in [1.54, 1.807) is 0 Å². The first-order valence-electron chi connectivity index (χ1n) is 10.7. The minimum Gasteiger partial charge on any atom is -0.503 e. The Balaban J connectivity index is 2.21. The average Bonchev–Trinajstić information content (AvgIpc) is 3.06. The normalized spacial score (nSPS) is 12.5. The maximum atomic E-state index is 12.2. The Morgan fingerprint density at radius 2 is 2.00 bits per heavy atom. The Morgan fingerprint density at radius 3 is 2.65 bits per heavy atom.